The number of carbonyl (C=O) groups excluding carboxylic acids is 1. The fourth-order valence-corrected chi connectivity index (χ4v) is 2.26. The lowest BCUT2D eigenvalue weighted by Gasteiger charge is -2.11. The van der Waals surface area contributed by atoms with Gasteiger partial charge in [-0.25, -0.2) is 9.97 Å². The van der Waals surface area contributed by atoms with Gasteiger partial charge < -0.3 is 5.32 Å². The van der Waals surface area contributed by atoms with Gasteiger partial charge in [0.1, 0.15) is 0 Å². The van der Waals surface area contributed by atoms with E-state index in [1.807, 2.05) is 50.2 Å². The molecular weight excluding hydrogens is 258 g/mol. The number of nitrogens with one attached hydrogen (secondary N) is 1. The maximum atomic E-state index is 12.0. The van der Waals surface area contributed by atoms with E-state index in [-0.39, 0.29) is 11.2 Å². The van der Waals surface area contributed by atoms with Crippen molar-refractivity contribution in [3.05, 3.63) is 48.3 Å². The van der Waals surface area contributed by atoms with Crippen LogP contribution >= 0.6 is 11.8 Å². The molecule has 0 radical (unpaired) electrons. The van der Waals surface area contributed by atoms with Gasteiger partial charge in [-0.1, -0.05) is 30.0 Å². The number of para-hydroxylation sites is 1. The molecule has 4 nitrogen and oxygen atoms in total. The van der Waals surface area contributed by atoms with Crippen LogP contribution in [0, 0.1) is 6.92 Å². The minimum atomic E-state index is -0.248. The highest BCUT2D eigenvalue weighted by molar-refractivity contribution is 8.00. The largest absolute Gasteiger partial charge is 0.325 e. The van der Waals surface area contributed by atoms with Crippen molar-refractivity contribution in [2.75, 3.05) is 5.32 Å². The zero-order chi connectivity index (χ0) is 13.7. The maximum absolute atomic E-state index is 12.0. The zero-order valence-corrected chi connectivity index (χ0v) is 11.6. The topological polar surface area (TPSA) is 54.9 Å². The molecule has 0 aliphatic rings. The van der Waals surface area contributed by atoms with E-state index in [1.165, 1.54) is 11.8 Å². The first kappa shape index (κ1) is 13.5. The van der Waals surface area contributed by atoms with Crippen LogP contribution in [-0.2, 0) is 4.79 Å². The third kappa shape index (κ3) is 4.06. The molecule has 19 heavy (non-hydrogen) atoms. The predicted molar refractivity (Wildman–Crippen MR) is 77.2 cm³/mol. The Labute approximate surface area is 116 Å². The number of amides is 1. The summed E-state index contributed by atoms with van der Waals surface area (Å²) in [6.07, 6.45) is 1.70. The summed E-state index contributed by atoms with van der Waals surface area (Å²) in [6.45, 7) is 3.75. The van der Waals surface area contributed by atoms with Gasteiger partial charge in [0.2, 0.25) is 5.91 Å². The van der Waals surface area contributed by atoms with Crippen molar-refractivity contribution in [3.8, 4) is 0 Å². The quantitative estimate of drug-likeness (QED) is 0.687. The predicted octanol–water partition coefficient (Wildman–Crippen LogP) is 2.90. The molecule has 0 saturated carbocycles. The number of rotatable bonds is 4. The second-order valence-electron chi connectivity index (χ2n) is 4.10. The summed E-state index contributed by atoms with van der Waals surface area (Å²) in [5.74, 6) is -0.0543. The third-order valence-corrected chi connectivity index (χ3v) is 3.44. The number of nitrogens with zero attached hydrogens (tertiary/aromatic N) is 2. The number of aryl methyl sites for hydroxylation is 1. The molecule has 0 aliphatic heterocycles. The number of anilines is 1. The fourth-order valence-electron chi connectivity index (χ4n) is 1.46. The smallest absolute Gasteiger partial charge is 0.237 e. The van der Waals surface area contributed by atoms with E-state index < -0.39 is 0 Å². The Hall–Kier alpha value is -1.88. The van der Waals surface area contributed by atoms with Crippen molar-refractivity contribution in [1.29, 1.82) is 0 Å². The molecule has 1 atom stereocenters. The number of benzene rings is 1. The normalized spacial score (nSPS) is 11.9. The van der Waals surface area contributed by atoms with E-state index in [1.54, 1.807) is 6.20 Å². The molecule has 1 aromatic carbocycles. The summed E-state index contributed by atoms with van der Waals surface area (Å²) < 4.78 is 0. The van der Waals surface area contributed by atoms with E-state index in [2.05, 4.69) is 15.3 Å². The van der Waals surface area contributed by atoms with Crippen molar-refractivity contribution < 1.29 is 4.79 Å². The Morgan fingerprint density at radius 3 is 2.68 bits per heavy atom. The molecule has 1 amide bonds. The average Bonchev–Trinajstić information content (AvgIpc) is 2.40. The molecule has 0 unspecified atom stereocenters. The molecule has 0 bridgehead atoms. The number of hydrogen-bond donors (Lipinski definition) is 1. The van der Waals surface area contributed by atoms with E-state index in [0.717, 1.165) is 11.4 Å². The Morgan fingerprint density at radius 1 is 1.26 bits per heavy atom. The second-order valence-corrected chi connectivity index (χ2v) is 5.40. The molecule has 1 aromatic heterocycles. The van der Waals surface area contributed by atoms with E-state index in [0.29, 0.717) is 5.16 Å². The number of hydrogen-bond acceptors (Lipinski definition) is 4. The molecule has 0 fully saturated rings. The van der Waals surface area contributed by atoms with Crippen LogP contribution < -0.4 is 5.32 Å². The molecule has 5 heteroatoms. The number of aromatic nitrogens is 2. The van der Waals surface area contributed by atoms with Crippen LogP contribution in [-0.4, -0.2) is 21.1 Å². The monoisotopic (exact) mass is 273 g/mol. The van der Waals surface area contributed by atoms with Gasteiger partial charge >= 0.3 is 0 Å². The van der Waals surface area contributed by atoms with Crippen LogP contribution in [0.15, 0.2) is 47.8 Å². The van der Waals surface area contributed by atoms with E-state index >= 15 is 0 Å². The first-order valence-electron chi connectivity index (χ1n) is 5.97. The van der Waals surface area contributed by atoms with Crippen LogP contribution in [0.2, 0.25) is 0 Å². The Bertz CT molecular complexity index is 560. The molecule has 98 valence electrons. The van der Waals surface area contributed by atoms with E-state index in [4.69, 9.17) is 0 Å². The van der Waals surface area contributed by atoms with Gasteiger partial charge in [-0.05, 0) is 32.0 Å². The van der Waals surface area contributed by atoms with Crippen LogP contribution in [0.25, 0.3) is 0 Å². The summed E-state index contributed by atoms with van der Waals surface area (Å²) in [4.78, 5) is 20.4. The molecule has 2 rings (SSSR count). The molecule has 0 saturated heterocycles. The summed E-state index contributed by atoms with van der Waals surface area (Å²) in [7, 11) is 0. The second kappa shape index (κ2) is 6.33. The van der Waals surface area contributed by atoms with Gasteiger partial charge in [0.15, 0.2) is 5.16 Å². The van der Waals surface area contributed by atoms with Crippen molar-refractivity contribution in [2.45, 2.75) is 24.3 Å². The average molecular weight is 273 g/mol. The highest BCUT2D eigenvalue weighted by Crippen LogP contribution is 2.20. The van der Waals surface area contributed by atoms with Crippen LogP contribution in [0.5, 0.6) is 0 Å². The lowest BCUT2D eigenvalue weighted by molar-refractivity contribution is -0.115. The molecule has 2 aromatic rings. The first-order chi connectivity index (χ1) is 9.15. The lowest BCUT2D eigenvalue weighted by atomic mass is 10.3. The summed E-state index contributed by atoms with van der Waals surface area (Å²) in [5, 5.41) is 3.23. The van der Waals surface area contributed by atoms with Gasteiger partial charge in [-0.2, -0.15) is 0 Å². The fraction of sp³-hybridized carbons (Fsp3) is 0.214. The van der Waals surface area contributed by atoms with Gasteiger partial charge in [-0.3, -0.25) is 4.79 Å². The molecule has 0 aliphatic carbocycles. The minimum absolute atomic E-state index is 0.0543. The highest BCUT2D eigenvalue weighted by atomic mass is 32.2. The van der Waals surface area contributed by atoms with Gasteiger partial charge in [-0.15, -0.1) is 0 Å². The van der Waals surface area contributed by atoms with E-state index in [9.17, 15) is 4.79 Å². The summed E-state index contributed by atoms with van der Waals surface area (Å²) in [5.41, 5.74) is 1.69. The number of carbonyl (C=O) groups is 1. The Balaban J connectivity index is 1.96. The maximum Gasteiger partial charge on any atom is 0.237 e. The molecule has 1 heterocycles. The molecular formula is C14H15N3OS. The van der Waals surface area contributed by atoms with Crippen molar-refractivity contribution in [2.24, 2.45) is 0 Å². The Morgan fingerprint density at radius 2 is 2.00 bits per heavy atom. The van der Waals surface area contributed by atoms with Crippen molar-refractivity contribution >= 4 is 23.4 Å². The zero-order valence-electron chi connectivity index (χ0n) is 10.8. The van der Waals surface area contributed by atoms with Crippen LogP contribution in [0.4, 0.5) is 5.69 Å². The van der Waals surface area contributed by atoms with Gasteiger partial charge in [0.25, 0.3) is 0 Å². The Kier molecular flexibility index (Phi) is 4.52. The van der Waals surface area contributed by atoms with Crippen LogP contribution in [0.3, 0.4) is 0 Å². The molecule has 0 spiro atoms. The highest BCUT2D eigenvalue weighted by Gasteiger charge is 2.15. The van der Waals surface area contributed by atoms with Gasteiger partial charge in [0, 0.05) is 17.6 Å². The van der Waals surface area contributed by atoms with Gasteiger partial charge in [0.05, 0.1) is 5.25 Å². The molecule has 1 N–H and O–H groups in total. The van der Waals surface area contributed by atoms with Crippen molar-refractivity contribution in [3.63, 3.8) is 0 Å². The minimum Gasteiger partial charge on any atom is -0.325 e. The standard InChI is InChI=1S/C14H15N3OS/c1-10-8-9-15-14(16-10)19-11(2)13(18)17-12-6-4-3-5-7-12/h3-9,11H,1-2H3,(H,17,18)/t11-/m0/s1. The number of thioether (sulfide) groups is 1. The lowest BCUT2D eigenvalue weighted by Crippen LogP contribution is -2.22. The third-order valence-electron chi connectivity index (χ3n) is 2.47. The SMILES string of the molecule is Cc1ccnc(S[C@@H](C)C(=O)Nc2ccccc2)n1. The summed E-state index contributed by atoms with van der Waals surface area (Å²) in [6, 6.07) is 11.2. The van der Waals surface area contributed by atoms with Crippen LogP contribution in [0.1, 0.15) is 12.6 Å². The first-order valence-corrected chi connectivity index (χ1v) is 6.85. The van der Waals surface area contributed by atoms with Crippen molar-refractivity contribution in [1.82, 2.24) is 9.97 Å². The summed E-state index contributed by atoms with van der Waals surface area (Å²) >= 11 is 1.35.